The quantitative estimate of drug-likeness (QED) is 0.619. The SMILES string of the molecule is CC(=O)Nc1nc2c(nc1-c1ccc(O)cc1)-c1ccc(N)cc1CC2. The summed E-state index contributed by atoms with van der Waals surface area (Å²) in [5.41, 5.74) is 11.8. The van der Waals surface area contributed by atoms with E-state index in [0.717, 1.165) is 46.6 Å². The Morgan fingerprint density at radius 3 is 2.58 bits per heavy atom. The van der Waals surface area contributed by atoms with Crippen LogP contribution in [0, 0.1) is 0 Å². The van der Waals surface area contributed by atoms with E-state index >= 15 is 0 Å². The van der Waals surface area contributed by atoms with Gasteiger partial charge in [0.05, 0.1) is 11.4 Å². The number of nitrogens with one attached hydrogen (secondary N) is 1. The van der Waals surface area contributed by atoms with Gasteiger partial charge in [-0.05, 0) is 54.8 Å². The fraction of sp³-hybridized carbons (Fsp3) is 0.150. The molecule has 0 bridgehead atoms. The zero-order valence-corrected chi connectivity index (χ0v) is 14.3. The Kier molecular flexibility index (Phi) is 3.80. The predicted molar refractivity (Wildman–Crippen MR) is 101 cm³/mol. The van der Waals surface area contributed by atoms with E-state index in [1.165, 1.54) is 6.92 Å². The number of nitrogen functional groups attached to an aromatic ring is 1. The maximum absolute atomic E-state index is 11.6. The van der Waals surface area contributed by atoms with Crippen LogP contribution in [0.15, 0.2) is 42.5 Å². The van der Waals surface area contributed by atoms with Crippen LogP contribution in [0.25, 0.3) is 22.5 Å². The van der Waals surface area contributed by atoms with Crippen molar-refractivity contribution in [1.82, 2.24) is 9.97 Å². The fourth-order valence-corrected chi connectivity index (χ4v) is 3.24. The minimum atomic E-state index is -0.205. The van der Waals surface area contributed by atoms with Gasteiger partial charge in [-0.15, -0.1) is 0 Å². The number of carbonyl (C=O) groups is 1. The van der Waals surface area contributed by atoms with E-state index in [4.69, 9.17) is 10.7 Å². The number of aryl methyl sites for hydroxylation is 2. The second-order valence-electron chi connectivity index (χ2n) is 6.36. The number of phenols is 1. The van der Waals surface area contributed by atoms with Crippen molar-refractivity contribution in [3.8, 4) is 28.3 Å². The largest absolute Gasteiger partial charge is 0.508 e. The lowest BCUT2D eigenvalue weighted by atomic mass is 9.91. The molecule has 1 amide bonds. The van der Waals surface area contributed by atoms with Crippen LogP contribution in [0.2, 0.25) is 0 Å². The Labute approximate surface area is 150 Å². The monoisotopic (exact) mass is 346 g/mol. The third kappa shape index (κ3) is 2.86. The normalized spacial score (nSPS) is 12.2. The molecule has 4 rings (SSSR count). The summed E-state index contributed by atoms with van der Waals surface area (Å²) < 4.78 is 0. The maximum Gasteiger partial charge on any atom is 0.222 e. The minimum Gasteiger partial charge on any atom is -0.508 e. The molecule has 0 saturated carbocycles. The summed E-state index contributed by atoms with van der Waals surface area (Å²) in [4.78, 5) is 21.1. The number of nitrogens with zero attached hydrogens (tertiary/aromatic N) is 2. The summed E-state index contributed by atoms with van der Waals surface area (Å²) in [6.45, 7) is 1.44. The summed E-state index contributed by atoms with van der Waals surface area (Å²) in [7, 11) is 0. The minimum absolute atomic E-state index is 0.168. The number of hydrogen-bond donors (Lipinski definition) is 3. The van der Waals surface area contributed by atoms with Gasteiger partial charge in [0.2, 0.25) is 5.91 Å². The predicted octanol–water partition coefficient (Wildman–Crippen LogP) is 3.16. The molecular formula is C20H18N4O2. The van der Waals surface area contributed by atoms with Crippen molar-refractivity contribution in [2.75, 3.05) is 11.1 Å². The molecule has 130 valence electrons. The molecule has 1 aliphatic rings. The first-order valence-corrected chi connectivity index (χ1v) is 8.38. The first-order valence-electron chi connectivity index (χ1n) is 8.38. The number of hydrogen-bond acceptors (Lipinski definition) is 5. The number of anilines is 2. The summed E-state index contributed by atoms with van der Waals surface area (Å²) in [5.74, 6) is 0.394. The third-order valence-electron chi connectivity index (χ3n) is 4.42. The Morgan fingerprint density at radius 1 is 1.08 bits per heavy atom. The molecule has 1 heterocycles. The van der Waals surface area contributed by atoms with Gasteiger partial charge < -0.3 is 16.2 Å². The Bertz CT molecular complexity index is 1010. The molecule has 1 aliphatic carbocycles. The van der Waals surface area contributed by atoms with Crippen LogP contribution >= 0.6 is 0 Å². The molecule has 6 heteroatoms. The molecule has 0 saturated heterocycles. The number of aromatic hydroxyl groups is 1. The Balaban J connectivity index is 1.92. The first-order chi connectivity index (χ1) is 12.5. The van der Waals surface area contributed by atoms with Crippen LogP contribution in [0.5, 0.6) is 5.75 Å². The van der Waals surface area contributed by atoms with E-state index in [2.05, 4.69) is 10.3 Å². The van der Waals surface area contributed by atoms with Crippen LogP contribution in [0.3, 0.4) is 0 Å². The second-order valence-corrected chi connectivity index (χ2v) is 6.36. The van der Waals surface area contributed by atoms with E-state index in [1.807, 2.05) is 18.2 Å². The Morgan fingerprint density at radius 2 is 1.85 bits per heavy atom. The highest BCUT2D eigenvalue weighted by atomic mass is 16.3. The Hall–Kier alpha value is -3.41. The molecule has 0 aliphatic heterocycles. The van der Waals surface area contributed by atoms with Crippen molar-refractivity contribution in [2.45, 2.75) is 19.8 Å². The van der Waals surface area contributed by atoms with Crippen molar-refractivity contribution < 1.29 is 9.90 Å². The van der Waals surface area contributed by atoms with Crippen molar-refractivity contribution in [3.63, 3.8) is 0 Å². The smallest absolute Gasteiger partial charge is 0.222 e. The summed E-state index contributed by atoms with van der Waals surface area (Å²) in [6.07, 6.45) is 1.57. The van der Waals surface area contributed by atoms with E-state index < -0.39 is 0 Å². The molecule has 0 spiro atoms. The third-order valence-corrected chi connectivity index (χ3v) is 4.42. The molecule has 4 N–H and O–H groups in total. The number of aromatic nitrogens is 2. The van der Waals surface area contributed by atoms with E-state index in [9.17, 15) is 9.90 Å². The molecule has 0 radical (unpaired) electrons. The van der Waals surface area contributed by atoms with Crippen LogP contribution in [0.4, 0.5) is 11.5 Å². The lowest BCUT2D eigenvalue weighted by Crippen LogP contribution is -2.15. The molecule has 1 aromatic heterocycles. The van der Waals surface area contributed by atoms with Crippen LogP contribution in [0.1, 0.15) is 18.2 Å². The molecule has 3 aromatic rings. The van der Waals surface area contributed by atoms with Gasteiger partial charge in [-0.3, -0.25) is 4.79 Å². The fourth-order valence-electron chi connectivity index (χ4n) is 3.24. The van der Waals surface area contributed by atoms with Gasteiger partial charge in [0.15, 0.2) is 5.82 Å². The highest BCUT2D eigenvalue weighted by molar-refractivity contribution is 5.92. The second kappa shape index (κ2) is 6.15. The lowest BCUT2D eigenvalue weighted by Gasteiger charge is -2.21. The number of phenolic OH excluding ortho intramolecular Hbond substituents is 1. The van der Waals surface area contributed by atoms with Gasteiger partial charge >= 0.3 is 0 Å². The average molecular weight is 346 g/mol. The van der Waals surface area contributed by atoms with Crippen LogP contribution in [-0.2, 0) is 17.6 Å². The molecule has 0 unspecified atom stereocenters. The van der Waals surface area contributed by atoms with Crippen LogP contribution < -0.4 is 11.1 Å². The highest BCUT2D eigenvalue weighted by Gasteiger charge is 2.22. The van der Waals surface area contributed by atoms with Crippen molar-refractivity contribution in [3.05, 3.63) is 53.7 Å². The maximum atomic E-state index is 11.6. The molecular weight excluding hydrogens is 328 g/mol. The summed E-state index contributed by atoms with van der Waals surface area (Å²) in [5, 5.41) is 12.3. The van der Waals surface area contributed by atoms with Gasteiger partial charge in [0.1, 0.15) is 11.4 Å². The lowest BCUT2D eigenvalue weighted by molar-refractivity contribution is -0.114. The molecule has 0 atom stereocenters. The summed E-state index contributed by atoms with van der Waals surface area (Å²) in [6, 6.07) is 12.5. The van der Waals surface area contributed by atoms with Crippen molar-refractivity contribution in [2.24, 2.45) is 0 Å². The zero-order valence-electron chi connectivity index (χ0n) is 14.3. The van der Waals surface area contributed by atoms with Gasteiger partial charge in [-0.2, -0.15) is 0 Å². The number of nitrogens with two attached hydrogens (primary N) is 1. The highest BCUT2D eigenvalue weighted by Crippen LogP contribution is 2.36. The molecule has 26 heavy (non-hydrogen) atoms. The topological polar surface area (TPSA) is 101 Å². The van der Waals surface area contributed by atoms with Crippen molar-refractivity contribution in [1.29, 1.82) is 0 Å². The molecule has 6 nitrogen and oxygen atoms in total. The number of carbonyl (C=O) groups excluding carboxylic acids is 1. The zero-order chi connectivity index (χ0) is 18.3. The van der Waals surface area contributed by atoms with E-state index in [-0.39, 0.29) is 11.7 Å². The van der Waals surface area contributed by atoms with E-state index in [1.54, 1.807) is 24.3 Å². The van der Waals surface area contributed by atoms with Gasteiger partial charge in [-0.25, -0.2) is 9.97 Å². The summed E-state index contributed by atoms with van der Waals surface area (Å²) >= 11 is 0. The number of fused-ring (bicyclic) bond motifs is 3. The van der Waals surface area contributed by atoms with Gasteiger partial charge in [0.25, 0.3) is 0 Å². The molecule has 0 fully saturated rings. The van der Waals surface area contributed by atoms with Crippen LogP contribution in [-0.4, -0.2) is 21.0 Å². The van der Waals surface area contributed by atoms with E-state index in [0.29, 0.717) is 11.5 Å². The number of rotatable bonds is 2. The van der Waals surface area contributed by atoms with Gasteiger partial charge in [0, 0.05) is 23.7 Å². The van der Waals surface area contributed by atoms with Crippen molar-refractivity contribution >= 4 is 17.4 Å². The number of benzene rings is 2. The first kappa shape index (κ1) is 16.1. The molecule has 2 aromatic carbocycles. The average Bonchev–Trinajstić information content (AvgIpc) is 2.61. The standard InChI is InChI=1S/C20H18N4O2/c1-11(25)22-20-18(12-2-6-15(26)7-3-12)24-19-16-8-5-14(21)10-13(16)4-9-17(19)23-20/h2-3,5-8,10,26H,4,9,21H2,1H3,(H,22,23,25). The van der Waals surface area contributed by atoms with Gasteiger partial charge in [-0.1, -0.05) is 6.07 Å². The number of amides is 1.